The van der Waals surface area contributed by atoms with Crippen molar-refractivity contribution in [3.63, 3.8) is 0 Å². The predicted molar refractivity (Wildman–Crippen MR) is 100 cm³/mol. The zero-order valence-electron chi connectivity index (χ0n) is 16.4. The average Bonchev–Trinajstić information content (AvgIpc) is 3.21. The standard InChI is InChI=1S/C20H24F3N3O2/c1-18(2,3)15-12-16(25-28-15)24-17(27)19(4)10-5-11-26(19)14-8-6-13(7-9-14)20(21,22)23/h6-9,12H,5,10-11H2,1-4H3,(H,24,25,27)/t19-/m0/s1. The Morgan fingerprint density at radius 3 is 2.39 bits per heavy atom. The molecule has 1 fully saturated rings. The van der Waals surface area contributed by atoms with Crippen LogP contribution >= 0.6 is 0 Å². The van der Waals surface area contributed by atoms with Crippen molar-refractivity contribution in [1.82, 2.24) is 5.16 Å². The molecule has 8 heteroatoms. The monoisotopic (exact) mass is 395 g/mol. The van der Waals surface area contributed by atoms with Crippen molar-refractivity contribution in [2.75, 3.05) is 16.8 Å². The maximum Gasteiger partial charge on any atom is 0.416 e. The quantitative estimate of drug-likeness (QED) is 0.796. The molecule has 0 unspecified atom stereocenters. The van der Waals surface area contributed by atoms with Crippen molar-refractivity contribution < 1.29 is 22.5 Å². The van der Waals surface area contributed by atoms with Gasteiger partial charge in [0.15, 0.2) is 5.82 Å². The Hall–Kier alpha value is -2.51. The van der Waals surface area contributed by atoms with Crippen LogP contribution in [0.25, 0.3) is 0 Å². The number of benzene rings is 1. The van der Waals surface area contributed by atoms with Crippen molar-refractivity contribution in [3.05, 3.63) is 41.7 Å². The summed E-state index contributed by atoms with van der Waals surface area (Å²) in [7, 11) is 0. The second-order valence-electron chi connectivity index (χ2n) is 8.35. The molecule has 0 spiro atoms. The molecule has 1 amide bonds. The summed E-state index contributed by atoms with van der Waals surface area (Å²) in [5.74, 6) is 0.716. The highest BCUT2D eigenvalue weighted by atomic mass is 19.4. The summed E-state index contributed by atoms with van der Waals surface area (Å²) in [5, 5.41) is 6.70. The molecule has 1 aliphatic rings. The zero-order chi connectivity index (χ0) is 20.7. The van der Waals surface area contributed by atoms with Gasteiger partial charge in [-0.25, -0.2) is 0 Å². The molecule has 1 saturated heterocycles. The Kier molecular flexibility index (Phi) is 4.93. The number of hydrogen-bond acceptors (Lipinski definition) is 4. The number of amides is 1. The van der Waals surface area contributed by atoms with Gasteiger partial charge >= 0.3 is 6.18 Å². The predicted octanol–water partition coefficient (Wildman–Crippen LogP) is 4.99. The number of anilines is 2. The van der Waals surface area contributed by atoms with E-state index in [0.717, 1.165) is 18.6 Å². The second kappa shape index (κ2) is 6.83. The minimum Gasteiger partial charge on any atom is -0.359 e. The molecule has 1 atom stereocenters. The van der Waals surface area contributed by atoms with Gasteiger partial charge in [0.2, 0.25) is 0 Å². The van der Waals surface area contributed by atoms with E-state index in [1.54, 1.807) is 13.0 Å². The van der Waals surface area contributed by atoms with Gasteiger partial charge in [-0.3, -0.25) is 4.79 Å². The minimum absolute atomic E-state index is 0.237. The molecule has 2 aromatic rings. The first-order valence-electron chi connectivity index (χ1n) is 9.15. The normalized spacial score (nSPS) is 20.5. The number of carbonyl (C=O) groups excluding carboxylic acids is 1. The third-order valence-electron chi connectivity index (χ3n) is 5.13. The Bertz CT molecular complexity index is 853. The maximum absolute atomic E-state index is 13.0. The first-order chi connectivity index (χ1) is 12.9. The number of halogens is 3. The highest BCUT2D eigenvalue weighted by molar-refractivity contribution is 6.00. The fraction of sp³-hybridized carbons (Fsp3) is 0.500. The largest absolute Gasteiger partial charge is 0.416 e. The summed E-state index contributed by atoms with van der Waals surface area (Å²) in [4.78, 5) is 14.8. The zero-order valence-corrected chi connectivity index (χ0v) is 16.4. The molecule has 0 saturated carbocycles. The number of hydrogen-bond donors (Lipinski definition) is 1. The Labute approximate surface area is 161 Å². The van der Waals surface area contributed by atoms with Crippen LogP contribution in [0.5, 0.6) is 0 Å². The number of nitrogens with one attached hydrogen (secondary N) is 1. The van der Waals surface area contributed by atoms with Crippen LogP contribution < -0.4 is 10.2 Å². The molecule has 0 radical (unpaired) electrons. The lowest BCUT2D eigenvalue weighted by Gasteiger charge is -2.35. The van der Waals surface area contributed by atoms with E-state index < -0.39 is 17.3 Å². The van der Waals surface area contributed by atoms with Gasteiger partial charge in [-0.1, -0.05) is 25.9 Å². The fourth-order valence-electron chi connectivity index (χ4n) is 3.38. The van der Waals surface area contributed by atoms with Gasteiger partial charge < -0.3 is 14.7 Å². The molecule has 3 rings (SSSR count). The van der Waals surface area contributed by atoms with Gasteiger partial charge in [-0.15, -0.1) is 0 Å². The Balaban J connectivity index is 1.79. The van der Waals surface area contributed by atoms with Gasteiger partial charge in [0, 0.05) is 23.7 Å². The van der Waals surface area contributed by atoms with Crippen LogP contribution in [0.15, 0.2) is 34.9 Å². The van der Waals surface area contributed by atoms with Crippen LogP contribution in [0.1, 0.15) is 51.9 Å². The van der Waals surface area contributed by atoms with Crippen molar-refractivity contribution in [3.8, 4) is 0 Å². The maximum atomic E-state index is 13.0. The first kappa shape index (κ1) is 20.2. The summed E-state index contributed by atoms with van der Waals surface area (Å²) >= 11 is 0. The molecule has 0 aliphatic carbocycles. The van der Waals surface area contributed by atoms with Gasteiger partial charge in [-0.2, -0.15) is 13.2 Å². The van der Waals surface area contributed by atoms with Crippen LogP contribution in [0.2, 0.25) is 0 Å². The third kappa shape index (κ3) is 3.86. The second-order valence-corrected chi connectivity index (χ2v) is 8.35. The van der Waals surface area contributed by atoms with E-state index in [0.29, 0.717) is 30.2 Å². The van der Waals surface area contributed by atoms with Crippen molar-refractivity contribution >= 4 is 17.4 Å². The van der Waals surface area contributed by atoms with E-state index in [1.165, 1.54) is 12.1 Å². The van der Waals surface area contributed by atoms with Crippen LogP contribution in [0.4, 0.5) is 24.7 Å². The lowest BCUT2D eigenvalue weighted by Crippen LogP contribution is -2.51. The Morgan fingerprint density at radius 2 is 1.86 bits per heavy atom. The average molecular weight is 395 g/mol. The molecule has 1 aromatic heterocycles. The topological polar surface area (TPSA) is 58.4 Å². The fourth-order valence-corrected chi connectivity index (χ4v) is 3.38. The van der Waals surface area contributed by atoms with E-state index in [-0.39, 0.29) is 11.3 Å². The highest BCUT2D eigenvalue weighted by Crippen LogP contribution is 2.37. The summed E-state index contributed by atoms with van der Waals surface area (Å²) < 4.78 is 43.7. The number of alkyl halides is 3. The molecule has 0 bridgehead atoms. The summed E-state index contributed by atoms with van der Waals surface area (Å²) in [5.41, 5.74) is -1.25. The molecule has 152 valence electrons. The van der Waals surface area contributed by atoms with Crippen LogP contribution in [-0.4, -0.2) is 23.1 Å². The third-order valence-corrected chi connectivity index (χ3v) is 5.13. The number of aromatic nitrogens is 1. The van der Waals surface area contributed by atoms with E-state index in [2.05, 4.69) is 10.5 Å². The van der Waals surface area contributed by atoms with Gasteiger partial charge in [0.1, 0.15) is 11.3 Å². The molecule has 1 aromatic carbocycles. The molecular formula is C20H24F3N3O2. The van der Waals surface area contributed by atoms with Crippen LogP contribution in [-0.2, 0) is 16.4 Å². The first-order valence-corrected chi connectivity index (χ1v) is 9.15. The summed E-state index contributed by atoms with van der Waals surface area (Å²) in [6.07, 6.45) is -3.04. The molecular weight excluding hydrogens is 371 g/mol. The number of rotatable bonds is 3. The SMILES string of the molecule is CC(C)(C)c1cc(NC(=O)[C@]2(C)CCCN2c2ccc(C(F)(F)F)cc2)no1. The number of carbonyl (C=O) groups is 1. The van der Waals surface area contributed by atoms with Crippen LogP contribution in [0, 0.1) is 0 Å². The van der Waals surface area contributed by atoms with E-state index in [9.17, 15) is 18.0 Å². The summed E-state index contributed by atoms with van der Waals surface area (Å²) in [6.45, 7) is 8.30. The van der Waals surface area contributed by atoms with E-state index >= 15 is 0 Å². The number of nitrogens with zero attached hydrogens (tertiary/aromatic N) is 2. The van der Waals surface area contributed by atoms with E-state index in [1.807, 2.05) is 25.7 Å². The van der Waals surface area contributed by atoms with E-state index in [4.69, 9.17) is 4.52 Å². The lowest BCUT2D eigenvalue weighted by atomic mass is 9.93. The van der Waals surface area contributed by atoms with Gasteiger partial charge in [-0.05, 0) is 44.0 Å². The smallest absolute Gasteiger partial charge is 0.359 e. The van der Waals surface area contributed by atoms with Crippen molar-refractivity contribution in [2.45, 2.75) is 57.7 Å². The van der Waals surface area contributed by atoms with Crippen molar-refractivity contribution in [1.29, 1.82) is 0 Å². The molecule has 5 nitrogen and oxygen atoms in total. The molecule has 1 aliphatic heterocycles. The van der Waals surface area contributed by atoms with Crippen molar-refractivity contribution in [2.24, 2.45) is 0 Å². The molecule has 28 heavy (non-hydrogen) atoms. The molecule has 1 N–H and O–H groups in total. The van der Waals surface area contributed by atoms with Crippen LogP contribution in [0.3, 0.4) is 0 Å². The van der Waals surface area contributed by atoms with Gasteiger partial charge in [0.05, 0.1) is 5.56 Å². The van der Waals surface area contributed by atoms with Gasteiger partial charge in [0.25, 0.3) is 5.91 Å². The minimum atomic E-state index is -4.39. The lowest BCUT2D eigenvalue weighted by molar-refractivity contribution is -0.137. The molecule has 2 heterocycles. The highest BCUT2D eigenvalue weighted by Gasteiger charge is 2.44. The summed E-state index contributed by atoms with van der Waals surface area (Å²) in [6, 6.07) is 6.60. The Morgan fingerprint density at radius 1 is 1.21 bits per heavy atom.